The molecule has 2 aromatic heterocycles. The van der Waals surface area contributed by atoms with Crippen molar-refractivity contribution in [3.8, 4) is 5.69 Å². The van der Waals surface area contributed by atoms with Crippen LogP contribution < -0.4 is 16.6 Å². The van der Waals surface area contributed by atoms with Gasteiger partial charge in [-0.25, -0.2) is 9.36 Å². The lowest BCUT2D eigenvalue weighted by atomic mass is 10.2. The predicted octanol–water partition coefficient (Wildman–Crippen LogP) is 3.22. The van der Waals surface area contributed by atoms with Crippen LogP contribution >= 0.6 is 0 Å². The van der Waals surface area contributed by atoms with E-state index in [9.17, 15) is 14.4 Å². The van der Waals surface area contributed by atoms with Gasteiger partial charge >= 0.3 is 11.2 Å². The predicted molar refractivity (Wildman–Crippen MR) is 122 cm³/mol. The molecule has 32 heavy (non-hydrogen) atoms. The average Bonchev–Trinajstić information content (AvgIpc) is 3.22. The van der Waals surface area contributed by atoms with Gasteiger partial charge in [-0.05, 0) is 29.8 Å². The number of fused-ring (bicyclic) bond motifs is 3. The van der Waals surface area contributed by atoms with E-state index in [1.165, 1.54) is 4.57 Å². The molecule has 0 aliphatic rings. The van der Waals surface area contributed by atoms with Crippen LogP contribution in [0.25, 0.3) is 27.8 Å². The Balaban J connectivity index is 1.65. The molecule has 1 amide bonds. The van der Waals surface area contributed by atoms with Gasteiger partial charge in [-0.2, -0.15) is 0 Å². The number of carbonyl (C=O) groups is 1. The summed E-state index contributed by atoms with van der Waals surface area (Å²) in [6.45, 7) is 0.0842. The van der Waals surface area contributed by atoms with E-state index < -0.39 is 11.2 Å². The first kappa shape index (κ1) is 19.6. The van der Waals surface area contributed by atoms with Crippen molar-refractivity contribution in [3.63, 3.8) is 0 Å². The quantitative estimate of drug-likeness (QED) is 0.469. The first-order chi connectivity index (χ1) is 15.6. The van der Waals surface area contributed by atoms with E-state index in [2.05, 4.69) is 5.32 Å². The van der Waals surface area contributed by atoms with Crippen LogP contribution in [0.1, 0.15) is 5.56 Å². The fourth-order valence-electron chi connectivity index (χ4n) is 3.80. The standard InChI is InChI=1S/C25H19N3O4/c29-21(26-15-17-9-3-1-4-10-17)16-27-22-19-13-7-8-14-20(19)32-23(22)24(30)28(25(27)31)18-11-5-2-6-12-18/h1-14H,15-16H2,(H,26,29). The van der Waals surface area contributed by atoms with Gasteiger partial charge in [0.1, 0.15) is 17.6 Å². The maximum atomic E-state index is 13.5. The monoisotopic (exact) mass is 425 g/mol. The Kier molecular flexibility index (Phi) is 4.91. The molecule has 0 saturated carbocycles. The minimum atomic E-state index is -0.602. The number of rotatable bonds is 5. The Hall–Kier alpha value is -4.39. The van der Waals surface area contributed by atoms with E-state index in [4.69, 9.17) is 4.42 Å². The normalized spacial score (nSPS) is 11.1. The zero-order valence-corrected chi connectivity index (χ0v) is 17.0. The van der Waals surface area contributed by atoms with Gasteiger partial charge in [0, 0.05) is 11.9 Å². The molecule has 158 valence electrons. The summed E-state index contributed by atoms with van der Waals surface area (Å²) < 4.78 is 8.17. The molecule has 0 saturated heterocycles. The molecule has 2 heterocycles. The van der Waals surface area contributed by atoms with Gasteiger partial charge in [0.15, 0.2) is 0 Å². The van der Waals surface area contributed by atoms with E-state index >= 15 is 0 Å². The highest BCUT2D eigenvalue weighted by Gasteiger charge is 2.21. The molecule has 7 heteroatoms. The molecule has 0 unspecified atom stereocenters. The van der Waals surface area contributed by atoms with Crippen molar-refractivity contribution in [1.82, 2.24) is 14.5 Å². The van der Waals surface area contributed by atoms with E-state index in [1.807, 2.05) is 30.3 Å². The maximum Gasteiger partial charge on any atom is 0.336 e. The molecular formula is C25H19N3O4. The third-order valence-corrected chi connectivity index (χ3v) is 5.31. The second-order valence-electron chi connectivity index (χ2n) is 7.38. The fourth-order valence-corrected chi connectivity index (χ4v) is 3.80. The highest BCUT2D eigenvalue weighted by molar-refractivity contribution is 6.02. The summed E-state index contributed by atoms with van der Waals surface area (Å²) in [5, 5.41) is 3.44. The SMILES string of the molecule is O=C(Cn1c(=O)n(-c2ccccc2)c(=O)c2oc3ccccc3c21)NCc1ccccc1. The summed E-state index contributed by atoms with van der Waals surface area (Å²) in [5.41, 5.74) is 1.01. The number of para-hydroxylation sites is 2. The summed E-state index contributed by atoms with van der Waals surface area (Å²) in [5.74, 6) is -0.346. The highest BCUT2D eigenvalue weighted by atomic mass is 16.3. The number of furan rings is 1. The summed E-state index contributed by atoms with van der Waals surface area (Å²) >= 11 is 0. The third kappa shape index (κ3) is 3.39. The summed E-state index contributed by atoms with van der Waals surface area (Å²) in [4.78, 5) is 39.5. The van der Waals surface area contributed by atoms with Crippen molar-refractivity contribution in [2.24, 2.45) is 0 Å². The maximum absolute atomic E-state index is 13.5. The molecule has 0 atom stereocenters. The molecule has 5 aromatic rings. The third-order valence-electron chi connectivity index (χ3n) is 5.31. The number of hydrogen-bond donors (Lipinski definition) is 1. The molecule has 0 fully saturated rings. The van der Waals surface area contributed by atoms with Gasteiger partial charge in [0.25, 0.3) is 0 Å². The Morgan fingerprint density at radius 2 is 1.50 bits per heavy atom. The number of hydrogen-bond acceptors (Lipinski definition) is 4. The minimum Gasteiger partial charge on any atom is -0.449 e. The molecular weight excluding hydrogens is 406 g/mol. The van der Waals surface area contributed by atoms with Gasteiger partial charge in [0.05, 0.1) is 5.69 Å². The van der Waals surface area contributed by atoms with Gasteiger partial charge in [-0.1, -0.05) is 60.7 Å². The molecule has 0 radical (unpaired) electrons. The number of nitrogens with one attached hydrogen (secondary N) is 1. The van der Waals surface area contributed by atoms with Crippen molar-refractivity contribution < 1.29 is 9.21 Å². The van der Waals surface area contributed by atoms with Crippen LogP contribution in [0.2, 0.25) is 0 Å². The highest BCUT2D eigenvalue weighted by Crippen LogP contribution is 2.25. The molecule has 0 aliphatic heterocycles. The van der Waals surface area contributed by atoms with Crippen LogP contribution in [-0.2, 0) is 17.9 Å². The van der Waals surface area contributed by atoms with Crippen molar-refractivity contribution in [2.75, 3.05) is 0 Å². The van der Waals surface area contributed by atoms with E-state index in [0.29, 0.717) is 28.7 Å². The van der Waals surface area contributed by atoms with E-state index in [1.54, 1.807) is 54.6 Å². The molecule has 7 nitrogen and oxygen atoms in total. The number of nitrogens with zero attached hydrogens (tertiary/aromatic N) is 2. The molecule has 0 bridgehead atoms. The Morgan fingerprint density at radius 1 is 0.844 bits per heavy atom. The largest absolute Gasteiger partial charge is 0.449 e. The number of aromatic nitrogens is 2. The lowest BCUT2D eigenvalue weighted by Crippen LogP contribution is -2.41. The summed E-state index contributed by atoms with van der Waals surface area (Å²) in [6.07, 6.45) is 0. The second-order valence-corrected chi connectivity index (χ2v) is 7.38. The average molecular weight is 425 g/mol. The van der Waals surface area contributed by atoms with Gasteiger partial charge in [-0.15, -0.1) is 0 Å². The molecule has 1 N–H and O–H groups in total. The van der Waals surface area contributed by atoms with Crippen LogP contribution in [0.4, 0.5) is 0 Å². The van der Waals surface area contributed by atoms with Crippen molar-refractivity contribution in [1.29, 1.82) is 0 Å². The number of carbonyl (C=O) groups excluding carboxylic acids is 1. The van der Waals surface area contributed by atoms with Gasteiger partial charge < -0.3 is 9.73 Å². The Morgan fingerprint density at radius 3 is 2.25 bits per heavy atom. The molecule has 0 aliphatic carbocycles. The van der Waals surface area contributed by atoms with Crippen LogP contribution in [0.5, 0.6) is 0 Å². The van der Waals surface area contributed by atoms with Crippen LogP contribution in [-0.4, -0.2) is 15.0 Å². The molecule has 0 spiro atoms. The first-order valence-electron chi connectivity index (χ1n) is 10.2. The van der Waals surface area contributed by atoms with Gasteiger partial charge in [-0.3, -0.25) is 14.2 Å². The molecule has 3 aromatic carbocycles. The van der Waals surface area contributed by atoms with E-state index in [0.717, 1.165) is 10.1 Å². The van der Waals surface area contributed by atoms with Crippen LogP contribution in [0.15, 0.2) is 98.9 Å². The second kappa shape index (κ2) is 8.03. The van der Waals surface area contributed by atoms with E-state index in [-0.39, 0.29) is 18.0 Å². The van der Waals surface area contributed by atoms with Crippen LogP contribution in [0, 0.1) is 0 Å². The van der Waals surface area contributed by atoms with Crippen molar-refractivity contribution >= 4 is 28.0 Å². The fraction of sp³-hybridized carbons (Fsp3) is 0.0800. The summed E-state index contributed by atoms with van der Waals surface area (Å²) in [7, 11) is 0. The van der Waals surface area contributed by atoms with Crippen molar-refractivity contribution in [3.05, 3.63) is 111 Å². The zero-order valence-electron chi connectivity index (χ0n) is 17.0. The topological polar surface area (TPSA) is 86.2 Å². The summed E-state index contributed by atoms with van der Waals surface area (Å²) in [6, 6.07) is 25.2. The van der Waals surface area contributed by atoms with Crippen molar-refractivity contribution in [2.45, 2.75) is 13.1 Å². The number of amides is 1. The molecule has 5 rings (SSSR count). The number of benzene rings is 3. The smallest absolute Gasteiger partial charge is 0.336 e. The lowest BCUT2D eigenvalue weighted by molar-refractivity contribution is -0.121. The first-order valence-corrected chi connectivity index (χ1v) is 10.2. The zero-order chi connectivity index (χ0) is 22.1. The Labute approximate surface area is 182 Å². The minimum absolute atomic E-state index is 0.0329. The Bertz CT molecular complexity index is 1550. The lowest BCUT2D eigenvalue weighted by Gasteiger charge is -2.12. The van der Waals surface area contributed by atoms with Gasteiger partial charge in [0.2, 0.25) is 11.5 Å². The van der Waals surface area contributed by atoms with Crippen LogP contribution in [0.3, 0.4) is 0 Å².